The molecule has 0 saturated carbocycles. The van der Waals surface area contributed by atoms with Crippen LogP contribution in [0.25, 0.3) is 0 Å². The third-order valence-electron chi connectivity index (χ3n) is 2.31. The van der Waals surface area contributed by atoms with E-state index in [0.717, 1.165) is 18.1 Å². The molecule has 18 heavy (non-hydrogen) atoms. The predicted octanol–water partition coefficient (Wildman–Crippen LogP) is 4.98. The number of rotatable bonds is 5. The molecule has 3 heteroatoms. The molecular formula is C15H24ClNS. The van der Waals surface area contributed by atoms with Crippen LogP contribution < -0.4 is 5.32 Å². The van der Waals surface area contributed by atoms with Gasteiger partial charge in [-0.25, -0.2) is 0 Å². The van der Waals surface area contributed by atoms with Gasteiger partial charge in [-0.05, 0) is 36.2 Å². The van der Waals surface area contributed by atoms with Crippen LogP contribution in [0.3, 0.4) is 0 Å². The molecule has 0 spiro atoms. The van der Waals surface area contributed by atoms with Gasteiger partial charge >= 0.3 is 0 Å². The zero-order valence-corrected chi connectivity index (χ0v) is 13.6. The van der Waals surface area contributed by atoms with Gasteiger partial charge in [0.05, 0.1) is 0 Å². The Morgan fingerprint density at radius 1 is 1.28 bits per heavy atom. The van der Waals surface area contributed by atoms with Crippen molar-refractivity contribution >= 4 is 23.4 Å². The van der Waals surface area contributed by atoms with E-state index in [0.29, 0.717) is 5.92 Å². The molecule has 0 unspecified atom stereocenters. The van der Waals surface area contributed by atoms with E-state index in [1.807, 2.05) is 17.8 Å². The maximum absolute atomic E-state index is 6.09. The first-order valence-corrected chi connectivity index (χ1v) is 7.65. The van der Waals surface area contributed by atoms with Gasteiger partial charge in [0.25, 0.3) is 0 Å². The van der Waals surface area contributed by atoms with Gasteiger partial charge in [-0.15, -0.1) is 11.8 Å². The Kier molecular flexibility index (Phi) is 6.03. The lowest BCUT2D eigenvalue weighted by molar-refractivity contribution is 0.550. The number of benzene rings is 1. The van der Waals surface area contributed by atoms with Crippen molar-refractivity contribution in [2.24, 2.45) is 5.92 Å². The lowest BCUT2D eigenvalue weighted by Gasteiger charge is -2.20. The third-order valence-corrected chi connectivity index (χ3v) is 3.77. The van der Waals surface area contributed by atoms with Crippen molar-refractivity contribution in [2.45, 2.75) is 50.8 Å². The van der Waals surface area contributed by atoms with E-state index in [9.17, 15) is 0 Å². The highest BCUT2D eigenvalue weighted by Gasteiger charge is 2.15. The summed E-state index contributed by atoms with van der Waals surface area (Å²) in [7, 11) is 0. The summed E-state index contributed by atoms with van der Waals surface area (Å²) >= 11 is 7.99. The lowest BCUT2D eigenvalue weighted by Crippen LogP contribution is -2.19. The van der Waals surface area contributed by atoms with E-state index in [4.69, 9.17) is 11.6 Å². The minimum absolute atomic E-state index is 0.223. The molecule has 1 rings (SSSR count). The molecule has 0 bridgehead atoms. The first-order valence-electron chi connectivity index (χ1n) is 6.46. The average Bonchev–Trinajstić information content (AvgIpc) is 2.19. The zero-order chi connectivity index (χ0) is 13.8. The summed E-state index contributed by atoms with van der Waals surface area (Å²) in [6, 6.07) is 6.18. The monoisotopic (exact) mass is 285 g/mol. The number of thioether (sulfide) groups is 1. The highest BCUT2D eigenvalue weighted by molar-refractivity contribution is 8.00. The summed E-state index contributed by atoms with van der Waals surface area (Å²) in [6.45, 7) is 13.1. The summed E-state index contributed by atoms with van der Waals surface area (Å²) in [5.74, 6) is 0.669. The highest BCUT2D eigenvalue weighted by Crippen LogP contribution is 2.35. The molecule has 0 aromatic heterocycles. The van der Waals surface area contributed by atoms with E-state index in [2.05, 4.69) is 52.1 Å². The number of hydrogen-bond donors (Lipinski definition) is 1. The summed E-state index contributed by atoms with van der Waals surface area (Å²) in [4.78, 5) is 1.32. The van der Waals surface area contributed by atoms with Gasteiger partial charge in [-0.2, -0.15) is 0 Å². The fraction of sp³-hybridized carbons (Fsp3) is 0.600. The molecule has 0 radical (unpaired) electrons. The molecule has 0 aliphatic rings. The van der Waals surface area contributed by atoms with Crippen molar-refractivity contribution in [3.05, 3.63) is 28.8 Å². The van der Waals surface area contributed by atoms with Gasteiger partial charge in [0, 0.05) is 21.2 Å². The van der Waals surface area contributed by atoms with Gasteiger partial charge in [-0.3, -0.25) is 0 Å². The van der Waals surface area contributed by atoms with E-state index in [1.54, 1.807) is 0 Å². The van der Waals surface area contributed by atoms with Crippen LogP contribution in [0.1, 0.15) is 40.2 Å². The van der Waals surface area contributed by atoms with Gasteiger partial charge in [0.2, 0.25) is 0 Å². The van der Waals surface area contributed by atoms with Gasteiger partial charge in [-0.1, -0.05) is 46.2 Å². The molecule has 0 amide bonds. The molecule has 1 nitrogen and oxygen atoms in total. The minimum Gasteiger partial charge on any atom is -0.312 e. The smallest absolute Gasteiger partial charge is 0.0410 e. The van der Waals surface area contributed by atoms with Crippen LogP contribution in [0.5, 0.6) is 0 Å². The number of hydrogen-bond acceptors (Lipinski definition) is 2. The molecule has 0 atom stereocenters. The topological polar surface area (TPSA) is 12.0 Å². The van der Waals surface area contributed by atoms with E-state index in [-0.39, 0.29) is 4.75 Å². The maximum atomic E-state index is 6.09. The Bertz CT molecular complexity index is 383. The molecule has 0 heterocycles. The second-order valence-corrected chi connectivity index (χ2v) is 8.30. The van der Waals surface area contributed by atoms with Crippen LogP contribution in [0.15, 0.2) is 23.1 Å². The SMILES string of the molecule is CC(C)CNCc1cc(Cl)ccc1SC(C)(C)C. The van der Waals surface area contributed by atoms with E-state index in [1.165, 1.54) is 10.5 Å². The predicted molar refractivity (Wildman–Crippen MR) is 83.6 cm³/mol. The van der Waals surface area contributed by atoms with Gasteiger partial charge in [0.15, 0.2) is 0 Å². The van der Waals surface area contributed by atoms with Crippen LogP contribution in [0, 0.1) is 5.92 Å². The van der Waals surface area contributed by atoms with E-state index >= 15 is 0 Å². The minimum atomic E-state index is 0.223. The highest BCUT2D eigenvalue weighted by atomic mass is 35.5. The number of nitrogens with one attached hydrogen (secondary N) is 1. The maximum Gasteiger partial charge on any atom is 0.0410 e. The van der Waals surface area contributed by atoms with Crippen LogP contribution in [-0.2, 0) is 6.54 Å². The largest absolute Gasteiger partial charge is 0.312 e. The van der Waals surface area contributed by atoms with Crippen LogP contribution in [0.2, 0.25) is 5.02 Å². The fourth-order valence-corrected chi connectivity index (χ4v) is 2.86. The molecule has 0 aliphatic carbocycles. The first-order chi connectivity index (χ1) is 8.28. The van der Waals surface area contributed by atoms with Crippen LogP contribution in [-0.4, -0.2) is 11.3 Å². The Hall–Kier alpha value is -0.180. The summed E-state index contributed by atoms with van der Waals surface area (Å²) in [5.41, 5.74) is 1.29. The molecule has 1 N–H and O–H groups in total. The lowest BCUT2D eigenvalue weighted by atomic mass is 10.2. The fourth-order valence-electron chi connectivity index (χ4n) is 1.61. The molecule has 1 aromatic carbocycles. The standard InChI is InChI=1S/C15H24ClNS/c1-11(2)9-17-10-12-8-13(16)6-7-14(12)18-15(3,4)5/h6-8,11,17H,9-10H2,1-5H3. The zero-order valence-electron chi connectivity index (χ0n) is 12.0. The average molecular weight is 286 g/mol. The quantitative estimate of drug-likeness (QED) is 0.766. The van der Waals surface area contributed by atoms with Crippen LogP contribution >= 0.6 is 23.4 Å². The molecule has 102 valence electrons. The second-order valence-electron chi connectivity index (χ2n) is 5.99. The molecule has 1 aromatic rings. The van der Waals surface area contributed by atoms with Gasteiger partial charge < -0.3 is 5.32 Å². The Labute approximate surface area is 121 Å². The first kappa shape index (κ1) is 15.9. The second kappa shape index (κ2) is 6.83. The summed E-state index contributed by atoms with van der Waals surface area (Å²) < 4.78 is 0.223. The van der Waals surface area contributed by atoms with Crippen molar-refractivity contribution in [2.75, 3.05) is 6.54 Å². The van der Waals surface area contributed by atoms with Crippen molar-refractivity contribution in [3.63, 3.8) is 0 Å². The summed E-state index contributed by atoms with van der Waals surface area (Å²) in [6.07, 6.45) is 0. The van der Waals surface area contributed by atoms with E-state index < -0.39 is 0 Å². The molecule has 0 saturated heterocycles. The Balaban J connectivity index is 2.77. The molecule has 0 aliphatic heterocycles. The normalized spacial score (nSPS) is 12.2. The Morgan fingerprint density at radius 3 is 2.50 bits per heavy atom. The molecule has 0 fully saturated rings. The van der Waals surface area contributed by atoms with Crippen molar-refractivity contribution in [1.29, 1.82) is 0 Å². The van der Waals surface area contributed by atoms with Crippen molar-refractivity contribution in [3.8, 4) is 0 Å². The third kappa shape index (κ3) is 6.12. The van der Waals surface area contributed by atoms with Crippen molar-refractivity contribution < 1.29 is 0 Å². The van der Waals surface area contributed by atoms with Crippen molar-refractivity contribution in [1.82, 2.24) is 5.32 Å². The van der Waals surface area contributed by atoms with Gasteiger partial charge in [0.1, 0.15) is 0 Å². The Morgan fingerprint density at radius 2 is 1.94 bits per heavy atom. The summed E-state index contributed by atoms with van der Waals surface area (Å²) in [5, 5.41) is 4.30. The van der Waals surface area contributed by atoms with Crippen LogP contribution in [0.4, 0.5) is 0 Å². The molecular weight excluding hydrogens is 262 g/mol. The number of halogens is 1.